The molecule has 3 N–H and O–H groups in total. The van der Waals surface area contributed by atoms with E-state index in [2.05, 4.69) is 10.3 Å². The van der Waals surface area contributed by atoms with Crippen LogP contribution in [0.5, 0.6) is 5.75 Å². The highest BCUT2D eigenvalue weighted by atomic mass is 19.1. The van der Waals surface area contributed by atoms with E-state index in [0.717, 1.165) is 11.3 Å². The highest BCUT2D eigenvalue weighted by molar-refractivity contribution is 5.97. The van der Waals surface area contributed by atoms with E-state index >= 15 is 0 Å². The van der Waals surface area contributed by atoms with E-state index in [4.69, 9.17) is 10.5 Å². The molecular formula is C24H21F2N3O2. The molecule has 31 heavy (non-hydrogen) atoms. The number of hydrogen-bond acceptors (Lipinski definition) is 4. The number of benzene rings is 2. The Morgan fingerprint density at radius 1 is 1.03 bits per heavy atom. The Morgan fingerprint density at radius 2 is 1.81 bits per heavy atom. The molecule has 5 rings (SSSR count). The summed E-state index contributed by atoms with van der Waals surface area (Å²) < 4.78 is 35.3. The average Bonchev–Trinajstić information content (AvgIpc) is 3.58. The predicted octanol–water partition coefficient (Wildman–Crippen LogP) is 4.35. The van der Waals surface area contributed by atoms with Gasteiger partial charge in [0.2, 0.25) is 5.95 Å². The summed E-state index contributed by atoms with van der Waals surface area (Å²) in [5.41, 5.74) is 8.27. The van der Waals surface area contributed by atoms with Gasteiger partial charge in [0.1, 0.15) is 17.4 Å². The number of nitrogens with one attached hydrogen (secondary N) is 1. The quantitative estimate of drug-likeness (QED) is 0.601. The highest BCUT2D eigenvalue weighted by Gasteiger charge is 2.23. The smallest absolute Gasteiger partial charge is 0.251 e. The van der Waals surface area contributed by atoms with Gasteiger partial charge in [-0.2, -0.15) is 4.39 Å². The molecule has 0 radical (unpaired) electrons. The van der Waals surface area contributed by atoms with Crippen LogP contribution < -0.4 is 15.8 Å². The van der Waals surface area contributed by atoms with Crippen LogP contribution in [0, 0.1) is 17.7 Å². The number of amides is 1. The van der Waals surface area contributed by atoms with Crippen LogP contribution in [-0.4, -0.2) is 24.0 Å². The molecule has 0 atom stereocenters. The van der Waals surface area contributed by atoms with Crippen LogP contribution in [0.25, 0.3) is 22.3 Å². The second-order valence-electron chi connectivity index (χ2n) is 8.03. The Bertz CT molecular complexity index is 1170. The molecule has 1 saturated carbocycles. The first-order valence-corrected chi connectivity index (χ1v) is 10.3. The van der Waals surface area contributed by atoms with Crippen LogP contribution in [0.3, 0.4) is 0 Å². The second-order valence-corrected chi connectivity index (χ2v) is 8.03. The molecule has 1 aromatic heterocycles. The molecule has 1 fully saturated rings. The summed E-state index contributed by atoms with van der Waals surface area (Å²) in [6, 6.07) is 11.4. The number of halogens is 2. The number of rotatable bonds is 5. The minimum Gasteiger partial charge on any atom is -0.493 e. The maximum atomic E-state index is 14.9. The lowest BCUT2D eigenvalue weighted by molar-refractivity contribution is 0.0945. The van der Waals surface area contributed by atoms with Gasteiger partial charge in [-0.1, -0.05) is 12.1 Å². The summed E-state index contributed by atoms with van der Waals surface area (Å²) in [4.78, 5) is 15.8. The lowest BCUT2D eigenvalue weighted by Crippen LogP contribution is -2.32. The fraction of sp³-hybridized carbons (Fsp3) is 0.250. The van der Waals surface area contributed by atoms with Crippen LogP contribution in [0.4, 0.5) is 14.6 Å². The summed E-state index contributed by atoms with van der Waals surface area (Å²) in [5, 5.41) is 2.69. The maximum absolute atomic E-state index is 14.9. The molecule has 158 valence electrons. The van der Waals surface area contributed by atoms with Gasteiger partial charge in [-0.3, -0.25) is 4.79 Å². The van der Waals surface area contributed by atoms with Gasteiger partial charge in [-0.25, -0.2) is 9.37 Å². The summed E-state index contributed by atoms with van der Waals surface area (Å²) in [6.45, 7) is 1.17. The van der Waals surface area contributed by atoms with Crippen LogP contribution in [0.15, 0.2) is 42.5 Å². The zero-order chi connectivity index (χ0) is 21.5. The lowest BCUT2D eigenvalue weighted by atomic mass is 9.93. The van der Waals surface area contributed by atoms with Crippen molar-refractivity contribution in [1.29, 1.82) is 0 Å². The number of nitrogen functional groups attached to an aromatic ring is 1. The van der Waals surface area contributed by atoms with Crippen LogP contribution in [0.1, 0.15) is 28.8 Å². The zero-order valence-corrected chi connectivity index (χ0v) is 16.8. The Balaban J connectivity index is 1.51. The molecule has 5 nitrogen and oxygen atoms in total. The lowest BCUT2D eigenvalue weighted by Gasteiger charge is -2.18. The first-order chi connectivity index (χ1) is 15.0. The van der Waals surface area contributed by atoms with E-state index in [9.17, 15) is 13.6 Å². The summed E-state index contributed by atoms with van der Waals surface area (Å²) in [5.74, 6) is -0.389. The molecule has 3 aromatic rings. The predicted molar refractivity (Wildman–Crippen MR) is 114 cm³/mol. The molecule has 0 saturated heterocycles. The monoisotopic (exact) mass is 421 g/mol. The fourth-order valence-corrected chi connectivity index (χ4v) is 3.80. The molecule has 1 amide bonds. The van der Waals surface area contributed by atoms with Gasteiger partial charge < -0.3 is 15.8 Å². The minimum atomic E-state index is -0.731. The molecule has 2 aromatic carbocycles. The van der Waals surface area contributed by atoms with Gasteiger partial charge in [0.25, 0.3) is 5.91 Å². The zero-order valence-electron chi connectivity index (χ0n) is 16.8. The van der Waals surface area contributed by atoms with Gasteiger partial charge in [0.15, 0.2) is 0 Å². The van der Waals surface area contributed by atoms with E-state index in [1.807, 2.05) is 0 Å². The Hall–Kier alpha value is -3.48. The van der Waals surface area contributed by atoms with Gasteiger partial charge in [-0.15, -0.1) is 0 Å². The SMILES string of the molecule is Nc1nc(F)c(-c2ccc(OCC3CC3)cc2)cc1-c1cc2c(cc1F)C(=O)NCC2. The molecular weight excluding hydrogens is 400 g/mol. The Morgan fingerprint density at radius 3 is 2.55 bits per heavy atom. The van der Waals surface area contributed by atoms with Gasteiger partial charge in [0, 0.05) is 28.8 Å². The van der Waals surface area contributed by atoms with E-state index in [1.54, 1.807) is 30.3 Å². The third-order valence-corrected chi connectivity index (χ3v) is 5.76. The van der Waals surface area contributed by atoms with Crippen molar-refractivity contribution in [3.63, 3.8) is 0 Å². The number of anilines is 1. The third kappa shape index (κ3) is 3.83. The highest BCUT2D eigenvalue weighted by Crippen LogP contribution is 2.35. The van der Waals surface area contributed by atoms with Crippen LogP contribution in [0.2, 0.25) is 0 Å². The molecule has 1 aliphatic carbocycles. The number of hydrogen-bond donors (Lipinski definition) is 2. The maximum Gasteiger partial charge on any atom is 0.251 e. The van der Waals surface area contributed by atoms with Crippen molar-refractivity contribution in [3.8, 4) is 28.0 Å². The van der Waals surface area contributed by atoms with E-state index < -0.39 is 11.8 Å². The summed E-state index contributed by atoms with van der Waals surface area (Å²) in [7, 11) is 0. The molecule has 7 heteroatoms. The number of pyridine rings is 1. The van der Waals surface area contributed by atoms with E-state index in [0.29, 0.717) is 36.6 Å². The van der Waals surface area contributed by atoms with Crippen molar-refractivity contribution in [2.24, 2.45) is 5.92 Å². The molecule has 1 aliphatic heterocycles. The minimum absolute atomic E-state index is 0.107. The number of carbonyl (C=O) groups is 1. The topological polar surface area (TPSA) is 77.2 Å². The Labute approximate surface area is 178 Å². The molecule has 0 spiro atoms. The number of nitrogens with zero attached hydrogens (tertiary/aromatic N) is 1. The molecule has 2 heterocycles. The van der Waals surface area contributed by atoms with Gasteiger partial charge in [0.05, 0.1) is 6.61 Å². The first kappa shape index (κ1) is 19.5. The fourth-order valence-electron chi connectivity index (χ4n) is 3.80. The molecule has 2 aliphatic rings. The summed E-state index contributed by atoms with van der Waals surface area (Å²) in [6.07, 6.45) is 2.98. The van der Waals surface area contributed by atoms with Crippen molar-refractivity contribution < 1.29 is 18.3 Å². The number of aromatic nitrogens is 1. The standard InChI is InChI=1S/C24H21F2N3O2/c25-21-11-18-15(7-8-28-24(18)30)9-19(21)20-10-17(22(26)29-23(20)27)14-3-5-16(6-4-14)31-12-13-1-2-13/h3-6,9-11,13H,1-2,7-8,12H2,(H2,27,29)(H,28,30). The van der Waals surface area contributed by atoms with Crippen LogP contribution >= 0.6 is 0 Å². The molecule has 0 unspecified atom stereocenters. The number of carbonyl (C=O) groups excluding carboxylic acids is 1. The van der Waals surface area contributed by atoms with Crippen molar-refractivity contribution in [1.82, 2.24) is 10.3 Å². The van der Waals surface area contributed by atoms with Crippen molar-refractivity contribution in [2.75, 3.05) is 18.9 Å². The van der Waals surface area contributed by atoms with Crippen molar-refractivity contribution in [2.45, 2.75) is 19.3 Å². The first-order valence-electron chi connectivity index (χ1n) is 10.3. The number of fused-ring (bicyclic) bond motifs is 1. The van der Waals surface area contributed by atoms with E-state index in [-0.39, 0.29) is 28.4 Å². The van der Waals surface area contributed by atoms with Crippen molar-refractivity contribution in [3.05, 3.63) is 65.4 Å². The largest absolute Gasteiger partial charge is 0.493 e. The Kier molecular flexibility index (Phi) is 4.81. The van der Waals surface area contributed by atoms with Crippen LogP contribution in [-0.2, 0) is 6.42 Å². The summed E-state index contributed by atoms with van der Waals surface area (Å²) >= 11 is 0. The third-order valence-electron chi connectivity index (χ3n) is 5.76. The average molecular weight is 421 g/mol. The van der Waals surface area contributed by atoms with Gasteiger partial charge >= 0.3 is 0 Å². The number of ether oxygens (including phenoxy) is 1. The normalized spacial score (nSPS) is 15.4. The second kappa shape index (κ2) is 7.65. The van der Waals surface area contributed by atoms with Gasteiger partial charge in [-0.05, 0) is 66.6 Å². The number of nitrogens with two attached hydrogens (primary N) is 1. The van der Waals surface area contributed by atoms with Crippen molar-refractivity contribution >= 4 is 11.7 Å². The molecule has 0 bridgehead atoms. The van der Waals surface area contributed by atoms with E-state index in [1.165, 1.54) is 25.0 Å².